The van der Waals surface area contributed by atoms with Crippen molar-refractivity contribution in [3.8, 4) is 0 Å². The number of thiophene rings is 1. The Morgan fingerprint density at radius 3 is 2.41 bits per heavy atom. The van der Waals surface area contributed by atoms with Gasteiger partial charge >= 0.3 is 0 Å². The van der Waals surface area contributed by atoms with Crippen molar-refractivity contribution in [3.63, 3.8) is 0 Å². The number of carbonyl (C=O) groups is 2. The first-order valence-electron chi connectivity index (χ1n) is 4.72. The van der Waals surface area contributed by atoms with Crippen molar-refractivity contribution in [1.29, 1.82) is 0 Å². The van der Waals surface area contributed by atoms with Gasteiger partial charge in [0.2, 0.25) is 0 Å². The molecule has 4 heteroatoms. The van der Waals surface area contributed by atoms with Gasteiger partial charge in [-0.3, -0.25) is 9.59 Å². The maximum Gasteiger partial charge on any atom is 0.175 e. The zero-order chi connectivity index (χ0) is 11.3. The van der Waals surface area contributed by atoms with Gasteiger partial charge in [0.25, 0.3) is 0 Å². The predicted molar refractivity (Wildman–Crippen MR) is 72.8 cm³/mol. The van der Waals surface area contributed by atoms with E-state index in [0.717, 1.165) is 4.88 Å². The van der Waals surface area contributed by atoms with Crippen LogP contribution in [-0.2, 0) is 9.53 Å². The summed E-state index contributed by atoms with van der Waals surface area (Å²) >= 11 is 1.41. The highest BCUT2D eigenvalue weighted by Gasteiger charge is 2.16. The lowest BCUT2D eigenvalue weighted by Crippen LogP contribution is -2.18. The molecule has 1 unspecified atom stereocenters. The molecule has 0 bridgehead atoms. The molecule has 1 aromatic rings. The molecule has 0 aliphatic carbocycles. The average Bonchev–Trinajstić information content (AvgIpc) is 2.68. The minimum Gasteiger partial charge on any atom is -0.381 e. The van der Waals surface area contributed by atoms with Crippen molar-refractivity contribution >= 4 is 22.9 Å². The normalized spacial score (nSPS) is 10.9. The molecule has 0 aliphatic rings. The van der Waals surface area contributed by atoms with Crippen molar-refractivity contribution < 1.29 is 14.3 Å². The highest BCUT2D eigenvalue weighted by Crippen LogP contribution is 2.14. The molecule has 1 aromatic heterocycles. The Hall–Kier alpha value is -1.000. The number of methoxy groups -OCH3 is 1. The van der Waals surface area contributed by atoms with Crippen molar-refractivity contribution in [3.05, 3.63) is 22.4 Å². The van der Waals surface area contributed by atoms with Crippen LogP contribution in [-0.4, -0.2) is 24.8 Å². The molecule has 1 atom stereocenters. The summed E-state index contributed by atoms with van der Waals surface area (Å²) in [5, 5.41) is 1.86. The van der Waals surface area contributed by atoms with Gasteiger partial charge < -0.3 is 4.74 Å². The third-order valence-electron chi connectivity index (χ3n) is 2.06. The Labute approximate surface area is 108 Å². The summed E-state index contributed by atoms with van der Waals surface area (Å²) in [6.07, 6.45) is 0.279. The summed E-state index contributed by atoms with van der Waals surface area (Å²) in [5.74, 6) is 0.0823. The smallest absolute Gasteiger partial charge is 0.175 e. The standard InChI is InChI=1S/C11H14O3S.2CH4/c1-8(12)6-9(14-2)7-10(13)11-4-3-5-15-11;;/h3-5,9H,6-7H2,1-2H3;2*1H4. The van der Waals surface area contributed by atoms with Gasteiger partial charge in [-0.25, -0.2) is 0 Å². The van der Waals surface area contributed by atoms with Gasteiger partial charge in [0, 0.05) is 20.0 Å². The molecule has 0 saturated carbocycles. The zero-order valence-corrected chi connectivity index (χ0v) is 9.67. The zero-order valence-electron chi connectivity index (χ0n) is 8.86. The molecule has 0 amide bonds. The molecule has 0 aliphatic heterocycles. The lowest BCUT2D eigenvalue weighted by Gasteiger charge is -2.11. The first-order valence-corrected chi connectivity index (χ1v) is 5.60. The van der Waals surface area contributed by atoms with Crippen LogP contribution in [0.5, 0.6) is 0 Å². The molecule has 0 saturated heterocycles. The van der Waals surface area contributed by atoms with E-state index in [1.165, 1.54) is 25.4 Å². The Morgan fingerprint density at radius 2 is 2.00 bits per heavy atom. The minimum atomic E-state index is -0.294. The van der Waals surface area contributed by atoms with Crippen LogP contribution in [0.4, 0.5) is 0 Å². The van der Waals surface area contributed by atoms with E-state index in [9.17, 15) is 9.59 Å². The molecule has 0 radical (unpaired) electrons. The molecule has 0 fully saturated rings. The van der Waals surface area contributed by atoms with E-state index in [1.54, 1.807) is 6.07 Å². The van der Waals surface area contributed by atoms with E-state index in [1.807, 2.05) is 11.4 Å². The van der Waals surface area contributed by atoms with E-state index >= 15 is 0 Å². The Kier molecular flexibility index (Phi) is 9.80. The van der Waals surface area contributed by atoms with Crippen LogP contribution in [0.2, 0.25) is 0 Å². The van der Waals surface area contributed by atoms with E-state index in [2.05, 4.69) is 0 Å². The number of rotatable bonds is 6. The van der Waals surface area contributed by atoms with Gasteiger partial charge in [0.1, 0.15) is 5.78 Å². The van der Waals surface area contributed by atoms with Gasteiger partial charge in [-0.1, -0.05) is 20.9 Å². The van der Waals surface area contributed by atoms with Crippen molar-refractivity contribution in [2.24, 2.45) is 0 Å². The second-order valence-electron chi connectivity index (χ2n) is 3.37. The summed E-state index contributed by atoms with van der Waals surface area (Å²) in [7, 11) is 1.52. The summed E-state index contributed by atoms with van der Waals surface area (Å²) in [6.45, 7) is 1.50. The molecule has 0 spiro atoms. The van der Waals surface area contributed by atoms with Crippen LogP contribution in [0, 0.1) is 0 Å². The summed E-state index contributed by atoms with van der Waals surface area (Å²) in [4.78, 5) is 23.3. The first-order chi connectivity index (χ1) is 7.13. The van der Waals surface area contributed by atoms with Crippen LogP contribution >= 0.6 is 11.3 Å². The van der Waals surface area contributed by atoms with Crippen LogP contribution in [0.15, 0.2) is 17.5 Å². The third kappa shape index (κ3) is 6.34. The van der Waals surface area contributed by atoms with Crippen LogP contribution in [0.1, 0.15) is 44.3 Å². The SMILES string of the molecule is C.C.COC(CC(C)=O)CC(=O)c1cccs1. The molecule has 1 heterocycles. The van der Waals surface area contributed by atoms with Crippen molar-refractivity contribution in [2.75, 3.05) is 7.11 Å². The van der Waals surface area contributed by atoms with Crippen LogP contribution in [0.25, 0.3) is 0 Å². The van der Waals surface area contributed by atoms with E-state index in [-0.39, 0.29) is 38.9 Å². The first kappa shape index (κ1) is 18.4. The van der Waals surface area contributed by atoms with E-state index < -0.39 is 0 Å². The molecule has 98 valence electrons. The number of ketones is 2. The predicted octanol–water partition coefficient (Wildman–Crippen LogP) is 3.59. The summed E-state index contributed by atoms with van der Waals surface area (Å²) in [6, 6.07) is 3.62. The Morgan fingerprint density at radius 1 is 1.35 bits per heavy atom. The fourth-order valence-electron chi connectivity index (χ4n) is 1.30. The second kappa shape index (κ2) is 9.07. The fraction of sp³-hybridized carbons (Fsp3) is 0.538. The second-order valence-corrected chi connectivity index (χ2v) is 4.32. The fourth-order valence-corrected chi connectivity index (χ4v) is 1.98. The van der Waals surface area contributed by atoms with Crippen LogP contribution in [0.3, 0.4) is 0 Å². The number of Topliss-reactive ketones (excluding diaryl/α,β-unsaturated/α-hetero) is 2. The highest BCUT2D eigenvalue weighted by molar-refractivity contribution is 7.12. The Balaban J connectivity index is 0. The van der Waals surface area contributed by atoms with Gasteiger partial charge in [0.05, 0.1) is 11.0 Å². The van der Waals surface area contributed by atoms with Crippen molar-refractivity contribution in [1.82, 2.24) is 0 Å². The average molecular weight is 258 g/mol. The van der Waals surface area contributed by atoms with Gasteiger partial charge in [0.15, 0.2) is 5.78 Å². The highest BCUT2D eigenvalue weighted by atomic mass is 32.1. The lowest BCUT2D eigenvalue weighted by molar-refractivity contribution is -0.119. The number of hydrogen-bond donors (Lipinski definition) is 0. The van der Waals surface area contributed by atoms with Crippen molar-refractivity contribution in [2.45, 2.75) is 40.7 Å². The van der Waals surface area contributed by atoms with Gasteiger partial charge in [-0.2, -0.15) is 0 Å². The monoisotopic (exact) mass is 258 g/mol. The lowest BCUT2D eigenvalue weighted by atomic mass is 10.1. The number of ether oxygens (including phenoxy) is 1. The molecule has 0 N–H and O–H groups in total. The molecule has 0 aromatic carbocycles. The maximum absolute atomic E-state index is 11.7. The maximum atomic E-state index is 11.7. The van der Waals surface area contributed by atoms with E-state index in [0.29, 0.717) is 6.42 Å². The minimum absolute atomic E-state index is 0. The summed E-state index contributed by atoms with van der Waals surface area (Å²) < 4.78 is 5.09. The van der Waals surface area contributed by atoms with Gasteiger partial charge in [-0.15, -0.1) is 11.3 Å². The largest absolute Gasteiger partial charge is 0.381 e. The quantitative estimate of drug-likeness (QED) is 0.732. The molecular weight excluding hydrogens is 236 g/mol. The van der Waals surface area contributed by atoms with Crippen LogP contribution < -0.4 is 0 Å². The summed E-state index contributed by atoms with van der Waals surface area (Å²) in [5.41, 5.74) is 0. The topological polar surface area (TPSA) is 43.4 Å². The molecule has 3 nitrogen and oxygen atoms in total. The van der Waals surface area contributed by atoms with Gasteiger partial charge in [-0.05, 0) is 18.4 Å². The number of hydrogen-bond acceptors (Lipinski definition) is 4. The van der Waals surface area contributed by atoms with E-state index in [4.69, 9.17) is 4.74 Å². The molecule has 17 heavy (non-hydrogen) atoms. The third-order valence-corrected chi connectivity index (χ3v) is 2.97. The number of carbonyl (C=O) groups excluding carboxylic acids is 2. The molecular formula is C13H22O3S. The Bertz CT molecular complexity index is 330. The molecule has 1 rings (SSSR count).